The molecule has 1 atom stereocenters. The summed E-state index contributed by atoms with van der Waals surface area (Å²) in [4.78, 5) is 0. The van der Waals surface area contributed by atoms with Crippen LogP contribution in [0.1, 0.15) is 50.4 Å². The molecular formula is C19H25NO. The monoisotopic (exact) mass is 283 g/mol. The van der Waals surface area contributed by atoms with Crippen LogP contribution in [0.3, 0.4) is 0 Å². The van der Waals surface area contributed by atoms with Crippen LogP contribution >= 0.6 is 0 Å². The zero-order chi connectivity index (χ0) is 15.5. The molecule has 0 aliphatic carbocycles. The Morgan fingerprint density at radius 2 is 1.38 bits per heavy atom. The molecule has 0 saturated carbocycles. The zero-order valence-electron chi connectivity index (χ0n) is 13.4. The van der Waals surface area contributed by atoms with Crippen molar-refractivity contribution < 1.29 is 4.74 Å². The van der Waals surface area contributed by atoms with Crippen molar-refractivity contribution in [3.05, 3.63) is 65.2 Å². The Morgan fingerprint density at radius 3 is 1.81 bits per heavy atom. The lowest BCUT2D eigenvalue weighted by molar-refractivity contribution is 0.340. The zero-order valence-corrected chi connectivity index (χ0v) is 13.4. The average Bonchev–Trinajstić information content (AvgIpc) is 2.47. The van der Waals surface area contributed by atoms with Gasteiger partial charge in [-0.25, -0.2) is 0 Å². The minimum absolute atomic E-state index is 0.102. The van der Waals surface area contributed by atoms with Gasteiger partial charge in [0.25, 0.3) is 0 Å². The van der Waals surface area contributed by atoms with Crippen molar-refractivity contribution in [3.63, 3.8) is 0 Å². The Bertz CT molecular complexity index is 564. The average molecular weight is 283 g/mol. The molecule has 2 rings (SSSR count). The summed E-state index contributed by atoms with van der Waals surface area (Å²) in [6.45, 7) is 9.31. The van der Waals surface area contributed by atoms with Gasteiger partial charge in [-0.3, -0.25) is 0 Å². The first kappa shape index (κ1) is 15.6. The highest BCUT2D eigenvalue weighted by atomic mass is 16.5. The van der Waals surface area contributed by atoms with Gasteiger partial charge >= 0.3 is 0 Å². The van der Waals surface area contributed by atoms with Gasteiger partial charge in [0.2, 0.25) is 0 Å². The first-order valence-corrected chi connectivity index (χ1v) is 7.50. The van der Waals surface area contributed by atoms with E-state index in [0.717, 1.165) is 16.9 Å². The molecule has 0 amide bonds. The summed E-state index contributed by atoms with van der Waals surface area (Å²) in [5.74, 6) is 0.886. The maximum atomic E-state index is 6.36. The Balaban J connectivity index is 2.17. The predicted octanol–water partition coefficient (Wildman–Crippen LogP) is 4.43. The van der Waals surface area contributed by atoms with Gasteiger partial charge in [0.15, 0.2) is 0 Å². The molecule has 0 aromatic heterocycles. The van der Waals surface area contributed by atoms with Crippen LogP contribution in [0.4, 0.5) is 0 Å². The van der Waals surface area contributed by atoms with E-state index in [9.17, 15) is 0 Å². The molecule has 0 radical (unpaired) electrons. The number of ether oxygens (including phenoxy) is 1. The van der Waals surface area contributed by atoms with E-state index in [4.69, 9.17) is 10.5 Å². The lowest BCUT2D eigenvalue weighted by Crippen LogP contribution is -2.14. The van der Waals surface area contributed by atoms with Gasteiger partial charge in [0.1, 0.15) is 5.75 Å². The van der Waals surface area contributed by atoms with Gasteiger partial charge in [0, 0.05) is 0 Å². The van der Waals surface area contributed by atoms with Crippen LogP contribution in [0, 0.1) is 0 Å². The number of hydrogen-bond acceptors (Lipinski definition) is 2. The maximum absolute atomic E-state index is 6.36. The van der Waals surface area contributed by atoms with Crippen LogP contribution in [0.25, 0.3) is 0 Å². The molecule has 0 spiro atoms. The molecule has 2 aromatic rings. The second-order valence-electron chi connectivity index (χ2n) is 6.35. The normalized spacial score (nSPS) is 13.0. The second-order valence-corrected chi connectivity index (χ2v) is 6.35. The molecule has 21 heavy (non-hydrogen) atoms. The Kier molecular flexibility index (Phi) is 4.69. The Labute approximate surface area is 127 Å². The number of benzene rings is 2. The standard InChI is InChI=1S/C19H25NO/c1-5-21-17-12-8-15(9-13-17)18(20)14-6-10-16(11-7-14)19(2,3)4/h6-13,18H,5,20H2,1-4H3. The third-order valence-corrected chi connectivity index (χ3v) is 3.69. The molecule has 2 N–H and O–H groups in total. The van der Waals surface area contributed by atoms with Crippen molar-refractivity contribution in [2.45, 2.75) is 39.2 Å². The topological polar surface area (TPSA) is 35.2 Å². The first-order valence-electron chi connectivity index (χ1n) is 7.50. The van der Waals surface area contributed by atoms with Crippen LogP contribution < -0.4 is 10.5 Å². The third-order valence-electron chi connectivity index (χ3n) is 3.69. The van der Waals surface area contributed by atoms with Crippen LogP contribution in [-0.2, 0) is 5.41 Å². The van der Waals surface area contributed by atoms with Crippen molar-refractivity contribution in [1.29, 1.82) is 0 Å². The van der Waals surface area contributed by atoms with Gasteiger partial charge < -0.3 is 10.5 Å². The maximum Gasteiger partial charge on any atom is 0.119 e. The van der Waals surface area contributed by atoms with E-state index in [1.165, 1.54) is 5.56 Å². The van der Waals surface area contributed by atoms with E-state index in [0.29, 0.717) is 6.61 Å². The highest BCUT2D eigenvalue weighted by Gasteiger charge is 2.14. The van der Waals surface area contributed by atoms with Gasteiger partial charge in [-0.05, 0) is 41.2 Å². The fourth-order valence-electron chi connectivity index (χ4n) is 2.32. The quantitative estimate of drug-likeness (QED) is 0.901. The lowest BCUT2D eigenvalue weighted by atomic mass is 9.86. The number of hydrogen-bond donors (Lipinski definition) is 1. The van der Waals surface area contributed by atoms with Crippen LogP contribution in [-0.4, -0.2) is 6.61 Å². The van der Waals surface area contributed by atoms with Crippen molar-refractivity contribution in [2.24, 2.45) is 5.73 Å². The molecule has 2 heteroatoms. The third kappa shape index (κ3) is 3.85. The van der Waals surface area contributed by atoms with Crippen LogP contribution in [0.5, 0.6) is 5.75 Å². The highest BCUT2D eigenvalue weighted by Crippen LogP contribution is 2.26. The fourth-order valence-corrected chi connectivity index (χ4v) is 2.32. The minimum Gasteiger partial charge on any atom is -0.494 e. The summed E-state index contributed by atoms with van der Waals surface area (Å²) in [5.41, 5.74) is 10.1. The summed E-state index contributed by atoms with van der Waals surface area (Å²) in [7, 11) is 0. The molecular weight excluding hydrogens is 258 g/mol. The van der Waals surface area contributed by atoms with E-state index in [-0.39, 0.29) is 11.5 Å². The van der Waals surface area contributed by atoms with Crippen molar-refractivity contribution in [2.75, 3.05) is 6.61 Å². The van der Waals surface area contributed by atoms with Gasteiger partial charge in [-0.15, -0.1) is 0 Å². The lowest BCUT2D eigenvalue weighted by Gasteiger charge is -2.20. The van der Waals surface area contributed by atoms with E-state index < -0.39 is 0 Å². The van der Waals surface area contributed by atoms with Gasteiger partial charge in [0.05, 0.1) is 12.6 Å². The summed E-state index contributed by atoms with van der Waals surface area (Å²) >= 11 is 0. The summed E-state index contributed by atoms with van der Waals surface area (Å²) in [6.07, 6.45) is 0. The Hall–Kier alpha value is -1.80. The van der Waals surface area contributed by atoms with Crippen molar-refractivity contribution >= 4 is 0 Å². The van der Waals surface area contributed by atoms with E-state index >= 15 is 0 Å². The van der Waals surface area contributed by atoms with Gasteiger partial charge in [-0.2, -0.15) is 0 Å². The Morgan fingerprint density at radius 1 is 0.905 bits per heavy atom. The molecule has 2 nitrogen and oxygen atoms in total. The summed E-state index contributed by atoms with van der Waals surface area (Å²) in [5, 5.41) is 0. The molecule has 0 saturated heterocycles. The van der Waals surface area contributed by atoms with Crippen LogP contribution in [0.2, 0.25) is 0 Å². The molecule has 0 aliphatic rings. The highest BCUT2D eigenvalue weighted by molar-refractivity contribution is 5.37. The van der Waals surface area contributed by atoms with E-state index in [2.05, 4.69) is 45.0 Å². The molecule has 0 heterocycles. The largest absolute Gasteiger partial charge is 0.494 e. The van der Waals surface area contributed by atoms with Crippen LogP contribution in [0.15, 0.2) is 48.5 Å². The summed E-state index contributed by atoms with van der Waals surface area (Å²) in [6, 6.07) is 16.5. The van der Waals surface area contributed by atoms with E-state index in [1.54, 1.807) is 0 Å². The predicted molar refractivity (Wildman–Crippen MR) is 88.8 cm³/mol. The van der Waals surface area contributed by atoms with Crippen molar-refractivity contribution in [1.82, 2.24) is 0 Å². The van der Waals surface area contributed by atoms with Gasteiger partial charge in [-0.1, -0.05) is 57.2 Å². The molecule has 0 fully saturated rings. The molecule has 0 bridgehead atoms. The fraction of sp³-hybridized carbons (Fsp3) is 0.368. The molecule has 2 aromatic carbocycles. The first-order chi connectivity index (χ1) is 9.91. The minimum atomic E-state index is -0.102. The SMILES string of the molecule is CCOc1ccc(C(N)c2ccc(C(C)(C)C)cc2)cc1. The van der Waals surface area contributed by atoms with Crippen molar-refractivity contribution in [3.8, 4) is 5.75 Å². The van der Waals surface area contributed by atoms with E-state index in [1.807, 2.05) is 31.2 Å². The smallest absolute Gasteiger partial charge is 0.119 e. The number of rotatable bonds is 4. The number of nitrogens with two attached hydrogens (primary N) is 1. The summed E-state index contributed by atoms with van der Waals surface area (Å²) < 4.78 is 5.46. The molecule has 112 valence electrons. The second kappa shape index (κ2) is 6.31. The molecule has 1 unspecified atom stereocenters. The molecule has 0 aliphatic heterocycles.